The van der Waals surface area contributed by atoms with Crippen molar-refractivity contribution in [2.24, 2.45) is 5.84 Å². The number of nitrogen functional groups attached to an aromatic ring is 1. The van der Waals surface area contributed by atoms with E-state index >= 15 is 0 Å². The molecule has 0 atom stereocenters. The van der Waals surface area contributed by atoms with Gasteiger partial charge in [0.05, 0.1) is 6.10 Å². The highest BCUT2D eigenvalue weighted by molar-refractivity contribution is 5.28. The van der Waals surface area contributed by atoms with Gasteiger partial charge in [-0.2, -0.15) is 19.6 Å². The van der Waals surface area contributed by atoms with Crippen molar-refractivity contribution in [2.45, 2.75) is 33.8 Å². The number of hydrogen-bond donors (Lipinski definition) is 2. The summed E-state index contributed by atoms with van der Waals surface area (Å²) in [4.78, 5) is 16.5. The molecule has 9 heteroatoms. The normalized spacial score (nSPS) is 10.8. The summed E-state index contributed by atoms with van der Waals surface area (Å²) in [6.07, 6.45) is -0.0561. The van der Waals surface area contributed by atoms with Crippen molar-refractivity contribution in [1.29, 1.82) is 0 Å². The van der Waals surface area contributed by atoms with Crippen LogP contribution in [0.4, 0.5) is 5.95 Å². The van der Waals surface area contributed by atoms with Crippen LogP contribution in [-0.2, 0) is 0 Å². The van der Waals surface area contributed by atoms with Crippen LogP contribution in [0, 0.1) is 13.8 Å². The number of nitrogens with one attached hydrogen (secondary N) is 1. The molecule has 0 aliphatic heterocycles. The first kappa shape index (κ1) is 13.1. The Balaban J connectivity index is 2.47. The highest BCUT2D eigenvalue weighted by Gasteiger charge is 2.13. The average Bonchev–Trinajstić information content (AvgIpc) is 2.67. The number of ether oxygens (including phenoxy) is 1. The number of nitrogens with zero attached hydrogens (tertiary/aromatic N) is 6. The molecule has 3 N–H and O–H groups in total. The van der Waals surface area contributed by atoms with Crippen LogP contribution in [0.2, 0.25) is 0 Å². The van der Waals surface area contributed by atoms with Gasteiger partial charge in [-0.1, -0.05) is 0 Å². The second kappa shape index (κ2) is 5.14. The minimum Gasteiger partial charge on any atom is -0.461 e. The fourth-order valence-corrected chi connectivity index (χ4v) is 1.48. The lowest BCUT2D eigenvalue weighted by Crippen LogP contribution is -2.17. The van der Waals surface area contributed by atoms with E-state index in [1.165, 1.54) is 4.68 Å². The van der Waals surface area contributed by atoms with E-state index in [4.69, 9.17) is 10.6 Å². The van der Waals surface area contributed by atoms with Crippen molar-refractivity contribution in [3.63, 3.8) is 0 Å². The Labute approximate surface area is 110 Å². The van der Waals surface area contributed by atoms with E-state index in [2.05, 4.69) is 30.5 Å². The van der Waals surface area contributed by atoms with Crippen LogP contribution in [0.15, 0.2) is 0 Å². The van der Waals surface area contributed by atoms with Gasteiger partial charge in [0.15, 0.2) is 0 Å². The standard InChI is InChI=1S/C10H16N8O/c1-5(2)19-10-14-8(16-11)13-9(15-10)18-7(4)12-6(3)17-18/h5H,11H2,1-4H3,(H,13,14,15,16). The third kappa shape index (κ3) is 2.94. The van der Waals surface area contributed by atoms with Crippen molar-refractivity contribution in [3.05, 3.63) is 11.6 Å². The molecule has 19 heavy (non-hydrogen) atoms. The zero-order valence-electron chi connectivity index (χ0n) is 11.2. The molecule has 0 saturated heterocycles. The minimum absolute atomic E-state index is 0.0561. The molecule has 2 aromatic heterocycles. The molecular formula is C10H16N8O. The van der Waals surface area contributed by atoms with Crippen molar-refractivity contribution in [2.75, 3.05) is 5.43 Å². The van der Waals surface area contributed by atoms with Gasteiger partial charge in [-0.25, -0.2) is 10.8 Å². The number of aromatic nitrogens is 6. The predicted octanol–water partition coefficient (Wildman–Crippen LogP) is 0.142. The lowest BCUT2D eigenvalue weighted by atomic mass is 10.5. The average molecular weight is 264 g/mol. The molecule has 0 spiro atoms. The Bertz CT molecular complexity index is 579. The Morgan fingerprint density at radius 1 is 1.16 bits per heavy atom. The maximum absolute atomic E-state index is 5.45. The van der Waals surface area contributed by atoms with Crippen LogP contribution in [0.5, 0.6) is 6.01 Å². The highest BCUT2D eigenvalue weighted by Crippen LogP contribution is 2.12. The lowest BCUT2D eigenvalue weighted by molar-refractivity contribution is 0.221. The molecule has 9 nitrogen and oxygen atoms in total. The molecule has 0 aliphatic rings. The van der Waals surface area contributed by atoms with Gasteiger partial charge < -0.3 is 4.74 Å². The van der Waals surface area contributed by atoms with Crippen molar-refractivity contribution >= 4 is 5.95 Å². The van der Waals surface area contributed by atoms with E-state index in [-0.39, 0.29) is 18.1 Å². The van der Waals surface area contributed by atoms with Crippen LogP contribution >= 0.6 is 0 Å². The van der Waals surface area contributed by atoms with Gasteiger partial charge in [0.1, 0.15) is 11.6 Å². The topological polar surface area (TPSA) is 117 Å². The second-order valence-electron chi connectivity index (χ2n) is 4.17. The van der Waals surface area contributed by atoms with E-state index in [9.17, 15) is 0 Å². The Hall–Kier alpha value is -2.29. The zero-order chi connectivity index (χ0) is 14.0. The van der Waals surface area contributed by atoms with E-state index < -0.39 is 0 Å². The van der Waals surface area contributed by atoms with Gasteiger partial charge in [-0.3, -0.25) is 5.43 Å². The summed E-state index contributed by atoms with van der Waals surface area (Å²) in [5.74, 6) is 7.14. The van der Waals surface area contributed by atoms with Crippen LogP contribution in [0.25, 0.3) is 5.95 Å². The van der Waals surface area contributed by atoms with Crippen LogP contribution < -0.4 is 16.0 Å². The summed E-state index contributed by atoms with van der Waals surface area (Å²) < 4.78 is 6.95. The van der Waals surface area contributed by atoms with Gasteiger partial charge in [-0.15, -0.1) is 5.10 Å². The predicted molar refractivity (Wildman–Crippen MR) is 67.8 cm³/mol. The number of anilines is 1. The first-order valence-corrected chi connectivity index (χ1v) is 5.79. The molecule has 0 bridgehead atoms. The number of aryl methyl sites for hydroxylation is 2. The molecule has 0 amide bonds. The van der Waals surface area contributed by atoms with Gasteiger partial charge in [0, 0.05) is 0 Å². The Morgan fingerprint density at radius 3 is 2.42 bits per heavy atom. The lowest BCUT2D eigenvalue weighted by Gasteiger charge is -2.10. The number of hydrogen-bond acceptors (Lipinski definition) is 8. The Kier molecular flexibility index (Phi) is 3.56. The third-order valence-corrected chi connectivity index (χ3v) is 2.14. The first-order chi connectivity index (χ1) is 8.99. The van der Waals surface area contributed by atoms with E-state index in [1.807, 2.05) is 20.8 Å². The second-order valence-corrected chi connectivity index (χ2v) is 4.17. The molecular weight excluding hydrogens is 248 g/mol. The summed E-state index contributed by atoms with van der Waals surface area (Å²) in [6.45, 7) is 7.36. The maximum Gasteiger partial charge on any atom is 0.323 e. The molecule has 0 unspecified atom stereocenters. The molecule has 0 aliphatic carbocycles. The summed E-state index contributed by atoms with van der Waals surface area (Å²) in [5, 5.41) is 4.20. The summed E-state index contributed by atoms with van der Waals surface area (Å²) >= 11 is 0. The Morgan fingerprint density at radius 2 is 1.89 bits per heavy atom. The molecule has 2 aromatic rings. The van der Waals surface area contributed by atoms with Gasteiger partial charge in [-0.05, 0) is 27.7 Å². The fraction of sp³-hybridized carbons (Fsp3) is 0.500. The zero-order valence-corrected chi connectivity index (χ0v) is 11.2. The van der Waals surface area contributed by atoms with E-state index in [0.717, 1.165) is 0 Å². The highest BCUT2D eigenvalue weighted by atomic mass is 16.5. The SMILES string of the molecule is Cc1nc(C)n(-c2nc(NN)nc(OC(C)C)n2)n1. The summed E-state index contributed by atoms with van der Waals surface area (Å²) in [7, 11) is 0. The molecule has 2 rings (SSSR count). The van der Waals surface area contributed by atoms with Crippen LogP contribution in [0.1, 0.15) is 25.5 Å². The van der Waals surface area contributed by atoms with E-state index in [0.29, 0.717) is 17.6 Å². The molecule has 0 aromatic carbocycles. The largest absolute Gasteiger partial charge is 0.461 e. The number of rotatable bonds is 4. The van der Waals surface area contributed by atoms with Gasteiger partial charge in [0.2, 0.25) is 5.95 Å². The molecule has 0 radical (unpaired) electrons. The third-order valence-electron chi connectivity index (χ3n) is 2.14. The first-order valence-electron chi connectivity index (χ1n) is 5.79. The summed E-state index contributed by atoms with van der Waals surface area (Å²) in [5.41, 5.74) is 2.37. The monoisotopic (exact) mass is 264 g/mol. The molecule has 0 fully saturated rings. The van der Waals surface area contributed by atoms with Crippen molar-refractivity contribution in [3.8, 4) is 12.0 Å². The maximum atomic E-state index is 5.45. The minimum atomic E-state index is -0.0561. The van der Waals surface area contributed by atoms with Crippen LogP contribution in [0.3, 0.4) is 0 Å². The van der Waals surface area contributed by atoms with Gasteiger partial charge in [0.25, 0.3) is 5.95 Å². The van der Waals surface area contributed by atoms with Crippen molar-refractivity contribution < 1.29 is 4.74 Å². The van der Waals surface area contributed by atoms with Crippen LogP contribution in [-0.4, -0.2) is 35.8 Å². The number of nitrogens with two attached hydrogens (primary N) is 1. The van der Waals surface area contributed by atoms with Crippen molar-refractivity contribution in [1.82, 2.24) is 29.7 Å². The van der Waals surface area contributed by atoms with E-state index in [1.54, 1.807) is 6.92 Å². The van der Waals surface area contributed by atoms with Gasteiger partial charge >= 0.3 is 6.01 Å². The smallest absolute Gasteiger partial charge is 0.323 e. The molecule has 2 heterocycles. The quantitative estimate of drug-likeness (QED) is 0.591. The molecule has 102 valence electrons. The number of hydrazine groups is 1. The fourth-order valence-electron chi connectivity index (χ4n) is 1.48. The summed E-state index contributed by atoms with van der Waals surface area (Å²) in [6, 6.07) is 0.181. The molecule has 0 saturated carbocycles.